The van der Waals surface area contributed by atoms with E-state index in [1.165, 1.54) is 7.11 Å². The molecule has 0 fully saturated rings. The Labute approximate surface area is 134 Å². The molecule has 0 aliphatic carbocycles. The normalized spacial score (nSPS) is 10.6. The first kappa shape index (κ1) is 16.2. The molecule has 22 heavy (non-hydrogen) atoms. The van der Waals surface area contributed by atoms with Crippen molar-refractivity contribution >= 4 is 23.1 Å². The molecule has 0 saturated carbocycles. The summed E-state index contributed by atoms with van der Waals surface area (Å²) >= 11 is 6.08. The topological polar surface area (TPSA) is 61.5 Å². The third kappa shape index (κ3) is 3.34. The second-order valence-corrected chi connectivity index (χ2v) is 5.47. The van der Waals surface area contributed by atoms with E-state index in [9.17, 15) is 4.79 Å². The number of anilines is 1. The van der Waals surface area contributed by atoms with Crippen LogP contribution < -0.4 is 15.2 Å². The lowest BCUT2D eigenvalue weighted by atomic mass is 10.0. The van der Waals surface area contributed by atoms with Crippen LogP contribution in [0.1, 0.15) is 29.8 Å². The van der Waals surface area contributed by atoms with E-state index >= 15 is 0 Å². The number of hydrogen-bond acceptors (Lipinski definition) is 4. The third-order valence-electron chi connectivity index (χ3n) is 3.06. The Hall–Kier alpha value is -2.20. The molecule has 0 bridgehead atoms. The van der Waals surface area contributed by atoms with E-state index in [4.69, 9.17) is 26.8 Å². The maximum Gasteiger partial charge on any atom is 0.196 e. The maximum atomic E-state index is 12.6. The van der Waals surface area contributed by atoms with Crippen molar-refractivity contribution in [1.29, 1.82) is 0 Å². The van der Waals surface area contributed by atoms with Crippen LogP contribution in [0.25, 0.3) is 0 Å². The summed E-state index contributed by atoms with van der Waals surface area (Å²) in [7, 11) is 1.52. The van der Waals surface area contributed by atoms with Crippen molar-refractivity contribution in [2.24, 2.45) is 0 Å². The van der Waals surface area contributed by atoms with Crippen molar-refractivity contribution in [3.63, 3.8) is 0 Å². The Kier molecular flexibility index (Phi) is 4.93. The molecule has 0 saturated heterocycles. The predicted octanol–water partition coefficient (Wildman–Crippen LogP) is 3.95. The number of methoxy groups -OCH3 is 1. The smallest absolute Gasteiger partial charge is 0.196 e. The number of ketones is 1. The van der Waals surface area contributed by atoms with Gasteiger partial charge < -0.3 is 15.2 Å². The maximum absolute atomic E-state index is 12.6. The van der Waals surface area contributed by atoms with Crippen molar-refractivity contribution in [3.05, 3.63) is 52.5 Å². The number of hydrogen-bond donors (Lipinski definition) is 1. The van der Waals surface area contributed by atoms with Gasteiger partial charge in [0.2, 0.25) is 0 Å². The number of nitrogens with two attached hydrogens (primary N) is 1. The van der Waals surface area contributed by atoms with E-state index in [-0.39, 0.29) is 11.9 Å². The predicted molar refractivity (Wildman–Crippen MR) is 88.1 cm³/mol. The van der Waals surface area contributed by atoms with Gasteiger partial charge in [-0.1, -0.05) is 23.7 Å². The van der Waals surface area contributed by atoms with Crippen molar-refractivity contribution in [2.45, 2.75) is 20.0 Å². The molecule has 0 amide bonds. The SMILES string of the molecule is COc1cc(C(=O)c2ccccc2Cl)c(N)cc1OC(C)C. The molecule has 0 heterocycles. The summed E-state index contributed by atoms with van der Waals surface area (Å²) in [5.41, 5.74) is 7.06. The largest absolute Gasteiger partial charge is 0.493 e. The fourth-order valence-corrected chi connectivity index (χ4v) is 2.29. The summed E-state index contributed by atoms with van der Waals surface area (Å²) in [6.07, 6.45) is -0.0292. The van der Waals surface area contributed by atoms with Crippen LogP contribution in [0, 0.1) is 0 Å². The molecule has 2 rings (SSSR count). The summed E-state index contributed by atoms with van der Waals surface area (Å²) in [5, 5.41) is 0.383. The standard InChI is InChI=1S/C17H18ClNO3/c1-10(2)22-16-9-14(19)12(8-15(16)21-3)17(20)11-6-4-5-7-13(11)18/h4-10H,19H2,1-3H3. The zero-order valence-corrected chi connectivity index (χ0v) is 13.5. The molecule has 2 aromatic carbocycles. The van der Waals surface area contributed by atoms with Crippen molar-refractivity contribution in [1.82, 2.24) is 0 Å². The molecule has 0 aliphatic rings. The van der Waals surface area contributed by atoms with Gasteiger partial charge in [0.25, 0.3) is 0 Å². The highest BCUT2D eigenvalue weighted by Crippen LogP contribution is 2.34. The van der Waals surface area contributed by atoms with E-state index in [0.717, 1.165) is 0 Å². The fourth-order valence-electron chi connectivity index (χ4n) is 2.07. The molecule has 4 nitrogen and oxygen atoms in total. The molecular weight excluding hydrogens is 302 g/mol. The van der Waals surface area contributed by atoms with E-state index in [1.54, 1.807) is 36.4 Å². The van der Waals surface area contributed by atoms with Crippen molar-refractivity contribution < 1.29 is 14.3 Å². The minimum atomic E-state index is -0.252. The first-order chi connectivity index (χ1) is 10.4. The van der Waals surface area contributed by atoms with Gasteiger partial charge in [-0.05, 0) is 32.0 Å². The molecule has 0 aliphatic heterocycles. The van der Waals surface area contributed by atoms with Gasteiger partial charge >= 0.3 is 0 Å². The second-order valence-electron chi connectivity index (χ2n) is 5.07. The number of carbonyl (C=O) groups is 1. The van der Waals surface area contributed by atoms with Crippen LogP contribution in [0.3, 0.4) is 0 Å². The van der Waals surface area contributed by atoms with Crippen LogP contribution >= 0.6 is 11.6 Å². The summed E-state index contributed by atoms with van der Waals surface area (Å²) in [6, 6.07) is 10.0. The monoisotopic (exact) mass is 319 g/mol. The zero-order chi connectivity index (χ0) is 16.3. The highest BCUT2D eigenvalue weighted by Gasteiger charge is 2.19. The highest BCUT2D eigenvalue weighted by molar-refractivity contribution is 6.35. The van der Waals surface area contributed by atoms with Gasteiger partial charge in [0, 0.05) is 22.9 Å². The average Bonchev–Trinajstić information content (AvgIpc) is 2.47. The lowest BCUT2D eigenvalue weighted by molar-refractivity contribution is 0.103. The van der Waals surface area contributed by atoms with Gasteiger partial charge in [0.15, 0.2) is 17.3 Å². The number of benzene rings is 2. The van der Waals surface area contributed by atoms with Crippen LogP contribution in [-0.4, -0.2) is 19.0 Å². The number of halogens is 1. The molecule has 2 N–H and O–H groups in total. The van der Waals surface area contributed by atoms with Crippen LogP contribution in [0.5, 0.6) is 11.5 Å². The van der Waals surface area contributed by atoms with Crippen LogP contribution in [-0.2, 0) is 0 Å². The van der Waals surface area contributed by atoms with Crippen LogP contribution in [0.4, 0.5) is 5.69 Å². The molecule has 0 spiro atoms. The minimum absolute atomic E-state index is 0.0292. The van der Waals surface area contributed by atoms with E-state index in [0.29, 0.717) is 33.3 Å². The molecule has 0 atom stereocenters. The number of nitrogen functional groups attached to an aromatic ring is 1. The number of ether oxygens (including phenoxy) is 2. The lowest BCUT2D eigenvalue weighted by Gasteiger charge is -2.16. The highest BCUT2D eigenvalue weighted by atomic mass is 35.5. The molecule has 0 unspecified atom stereocenters. The van der Waals surface area contributed by atoms with E-state index in [2.05, 4.69) is 0 Å². The Morgan fingerprint density at radius 2 is 1.82 bits per heavy atom. The fraction of sp³-hybridized carbons (Fsp3) is 0.235. The molecule has 2 aromatic rings. The molecule has 0 radical (unpaired) electrons. The summed E-state index contributed by atoms with van der Waals surface area (Å²) in [5.74, 6) is 0.710. The van der Waals surface area contributed by atoms with Crippen molar-refractivity contribution in [2.75, 3.05) is 12.8 Å². The quantitative estimate of drug-likeness (QED) is 0.669. The summed E-state index contributed by atoms with van der Waals surface area (Å²) in [6.45, 7) is 3.80. The van der Waals surface area contributed by atoms with Gasteiger partial charge in [-0.25, -0.2) is 0 Å². The van der Waals surface area contributed by atoms with Crippen LogP contribution in [0.15, 0.2) is 36.4 Å². The Morgan fingerprint density at radius 3 is 2.41 bits per heavy atom. The zero-order valence-electron chi connectivity index (χ0n) is 12.7. The van der Waals surface area contributed by atoms with Crippen LogP contribution in [0.2, 0.25) is 5.02 Å². The second kappa shape index (κ2) is 6.71. The Bertz CT molecular complexity index is 698. The number of rotatable bonds is 5. The third-order valence-corrected chi connectivity index (χ3v) is 3.39. The van der Waals surface area contributed by atoms with E-state index in [1.807, 2.05) is 13.8 Å². The van der Waals surface area contributed by atoms with E-state index < -0.39 is 0 Å². The summed E-state index contributed by atoms with van der Waals surface area (Å²) in [4.78, 5) is 12.6. The average molecular weight is 320 g/mol. The van der Waals surface area contributed by atoms with Gasteiger partial charge in [-0.15, -0.1) is 0 Å². The minimum Gasteiger partial charge on any atom is -0.493 e. The molecule has 5 heteroatoms. The van der Waals surface area contributed by atoms with Gasteiger partial charge in [-0.3, -0.25) is 4.79 Å². The molecule has 0 aromatic heterocycles. The Morgan fingerprint density at radius 1 is 1.14 bits per heavy atom. The Balaban J connectivity index is 2.48. The lowest BCUT2D eigenvalue weighted by Crippen LogP contribution is -2.10. The van der Waals surface area contributed by atoms with Crippen molar-refractivity contribution in [3.8, 4) is 11.5 Å². The first-order valence-electron chi connectivity index (χ1n) is 6.87. The van der Waals surface area contributed by atoms with Gasteiger partial charge in [0.05, 0.1) is 18.2 Å². The summed E-state index contributed by atoms with van der Waals surface area (Å²) < 4.78 is 10.9. The molecular formula is C17H18ClNO3. The first-order valence-corrected chi connectivity index (χ1v) is 7.25. The van der Waals surface area contributed by atoms with Gasteiger partial charge in [-0.2, -0.15) is 0 Å². The molecule has 116 valence electrons. The van der Waals surface area contributed by atoms with Gasteiger partial charge in [0.1, 0.15) is 0 Å². The number of carbonyl (C=O) groups excluding carboxylic acids is 1.